The Morgan fingerprint density at radius 3 is 2.86 bits per heavy atom. The van der Waals surface area contributed by atoms with Crippen LogP contribution in [0.25, 0.3) is 0 Å². The lowest BCUT2D eigenvalue weighted by molar-refractivity contribution is 0.0593. The predicted molar refractivity (Wildman–Crippen MR) is 82.1 cm³/mol. The fourth-order valence-electron chi connectivity index (χ4n) is 2.75. The Morgan fingerprint density at radius 1 is 1.43 bits per heavy atom. The van der Waals surface area contributed by atoms with Gasteiger partial charge < -0.3 is 10.1 Å². The Hall–Kier alpha value is -1.46. The molecule has 1 aromatic heterocycles. The molecule has 1 fully saturated rings. The van der Waals surface area contributed by atoms with E-state index in [0.29, 0.717) is 5.69 Å². The highest BCUT2D eigenvalue weighted by molar-refractivity contribution is 5.87. The lowest BCUT2D eigenvalue weighted by atomic mass is 9.97. The highest BCUT2D eigenvalue weighted by atomic mass is 16.5. The van der Waals surface area contributed by atoms with Gasteiger partial charge in [-0.1, -0.05) is 13.0 Å². The van der Waals surface area contributed by atoms with Gasteiger partial charge in [0, 0.05) is 13.1 Å². The van der Waals surface area contributed by atoms with E-state index >= 15 is 0 Å². The fourth-order valence-corrected chi connectivity index (χ4v) is 2.75. The number of esters is 1. The van der Waals surface area contributed by atoms with Crippen molar-refractivity contribution in [3.63, 3.8) is 0 Å². The molecular formula is C16H25N3O2. The second-order valence-electron chi connectivity index (χ2n) is 5.53. The summed E-state index contributed by atoms with van der Waals surface area (Å²) in [5.74, 6) is 0.383. The van der Waals surface area contributed by atoms with Crippen LogP contribution in [0.15, 0.2) is 18.2 Å². The molecule has 1 aliphatic rings. The van der Waals surface area contributed by atoms with Crippen molar-refractivity contribution in [3.8, 4) is 0 Å². The van der Waals surface area contributed by atoms with Gasteiger partial charge >= 0.3 is 5.97 Å². The summed E-state index contributed by atoms with van der Waals surface area (Å²) in [4.78, 5) is 18.3. The monoisotopic (exact) mass is 291 g/mol. The summed E-state index contributed by atoms with van der Waals surface area (Å²) in [6.07, 6.45) is 2.48. The number of pyridine rings is 1. The van der Waals surface area contributed by atoms with Gasteiger partial charge in [0.05, 0.1) is 12.8 Å². The van der Waals surface area contributed by atoms with Crippen LogP contribution in [-0.2, 0) is 11.3 Å². The minimum atomic E-state index is -0.377. The molecule has 0 spiro atoms. The maximum absolute atomic E-state index is 11.5. The lowest BCUT2D eigenvalue weighted by Crippen LogP contribution is -2.36. The maximum Gasteiger partial charge on any atom is 0.356 e. The second kappa shape index (κ2) is 8.10. The summed E-state index contributed by atoms with van der Waals surface area (Å²) in [6.45, 7) is 7.30. The van der Waals surface area contributed by atoms with Crippen molar-refractivity contribution >= 4 is 5.97 Å². The molecule has 1 N–H and O–H groups in total. The first-order valence-electron chi connectivity index (χ1n) is 7.70. The highest BCUT2D eigenvalue weighted by Gasteiger charge is 2.17. The van der Waals surface area contributed by atoms with E-state index in [-0.39, 0.29) is 5.97 Å². The largest absolute Gasteiger partial charge is 0.464 e. The number of aromatic nitrogens is 1. The standard InChI is InChI=1S/C16H25N3O2/c1-3-19(11-13-7-9-17-10-8-13)12-14-5-4-6-15(18-14)16(20)21-2/h4-6,13,17H,3,7-12H2,1-2H3. The van der Waals surface area contributed by atoms with Gasteiger partial charge in [0.2, 0.25) is 0 Å². The van der Waals surface area contributed by atoms with E-state index in [0.717, 1.165) is 44.3 Å². The minimum absolute atomic E-state index is 0.377. The Balaban J connectivity index is 1.95. The lowest BCUT2D eigenvalue weighted by Gasteiger charge is -2.29. The highest BCUT2D eigenvalue weighted by Crippen LogP contribution is 2.15. The molecule has 0 atom stereocenters. The Labute approximate surface area is 126 Å². The molecule has 0 radical (unpaired) electrons. The molecule has 2 rings (SSSR count). The average Bonchev–Trinajstić information content (AvgIpc) is 2.54. The summed E-state index contributed by atoms with van der Waals surface area (Å²) in [5, 5.41) is 3.40. The average molecular weight is 291 g/mol. The van der Waals surface area contributed by atoms with E-state index in [4.69, 9.17) is 4.74 Å². The zero-order valence-electron chi connectivity index (χ0n) is 13.0. The van der Waals surface area contributed by atoms with Crippen LogP contribution in [0.5, 0.6) is 0 Å². The molecule has 21 heavy (non-hydrogen) atoms. The quantitative estimate of drug-likeness (QED) is 0.808. The van der Waals surface area contributed by atoms with Crippen molar-refractivity contribution in [1.29, 1.82) is 0 Å². The molecule has 1 aliphatic heterocycles. The van der Waals surface area contributed by atoms with Crippen LogP contribution >= 0.6 is 0 Å². The molecule has 5 heteroatoms. The summed E-state index contributed by atoms with van der Waals surface area (Å²) in [7, 11) is 1.38. The number of hydrogen-bond donors (Lipinski definition) is 1. The van der Waals surface area contributed by atoms with E-state index in [1.54, 1.807) is 6.07 Å². The third-order valence-electron chi connectivity index (χ3n) is 4.01. The third kappa shape index (κ3) is 4.79. The number of rotatable bonds is 6. The van der Waals surface area contributed by atoms with Crippen LogP contribution in [0.4, 0.5) is 0 Å². The van der Waals surface area contributed by atoms with Crippen LogP contribution in [0.1, 0.15) is 35.9 Å². The zero-order chi connectivity index (χ0) is 15.1. The topological polar surface area (TPSA) is 54.5 Å². The minimum Gasteiger partial charge on any atom is -0.464 e. The van der Waals surface area contributed by atoms with Crippen molar-refractivity contribution in [1.82, 2.24) is 15.2 Å². The normalized spacial score (nSPS) is 16.1. The predicted octanol–water partition coefficient (Wildman–Crippen LogP) is 1.69. The van der Waals surface area contributed by atoms with Gasteiger partial charge in [-0.15, -0.1) is 0 Å². The Bertz CT molecular complexity index is 459. The summed E-state index contributed by atoms with van der Waals surface area (Å²) < 4.78 is 4.72. The molecule has 0 unspecified atom stereocenters. The fraction of sp³-hybridized carbons (Fsp3) is 0.625. The molecule has 0 amide bonds. The first-order chi connectivity index (χ1) is 10.2. The van der Waals surface area contributed by atoms with Gasteiger partial charge in [0.25, 0.3) is 0 Å². The molecule has 116 valence electrons. The molecule has 1 aromatic rings. The van der Waals surface area contributed by atoms with Crippen molar-refractivity contribution in [3.05, 3.63) is 29.6 Å². The molecule has 0 bridgehead atoms. The van der Waals surface area contributed by atoms with Gasteiger partial charge in [0.15, 0.2) is 0 Å². The second-order valence-corrected chi connectivity index (χ2v) is 5.53. The van der Waals surface area contributed by atoms with Crippen molar-refractivity contribution in [2.24, 2.45) is 5.92 Å². The zero-order valence-corrected chi connectivity index (χ0v) is 13.0. The molecule has 0 saturated carbocycles. The van der Waals surface area contributed by atoms with Crippen LogP contribution in [0.3, 0.4) is 0 Å². The van der Waals surface area contributed by atoms with Crippen molar-refractivity contribution < 1.29 is 9.53 Å². The number of methoxy groups -OCH3 is 1. The third-order valence-corrected chi connectivity index (χ3v) is 4.01. The van der Waals surface area contributed by atoms with Gasteiger partial charge in [-0.2, -0.15) is 0 Å². The number of carbonyl (C=O) groups is 1. The Morgan fingerprint density at radius 2 is 2.19 bits per heavy atom. The van der Waals surface area contributed by atoms with Crippen molar-refractivity contribution in [2.75, 3.05) is 33.3 Å². The smallest absolute Gasteiger partial charge is 0.356 e. The van der Waals surface area contributed by atoms with E-state index < -0.39 is 0 Å². The first kappa shape index (κ1) is 15.9. The summed E-state index contributed by atoms with van der Waals surface area (Å²) in [5.41, 5.74) is 1.31. The first-order valence-corrected chi connectivity index (χ1v) is 7.70. The molecule has 2 heterocycles. The van der Waals surface area contributed by atoms with Crippen LogP contribution in [0, 0.1) is 5.92 Å². The Kier molecular flexibility index (Phi) is 6.14. The van der Waals surface area contributed by atoms with Crippen molar-refractivity contribution in [2.45, 2.75) is 26.3 Å². The maximum atomic E-state index is 11.5. The van der Waals surface area contributed by atoms with E-state index in [1.165, 1.54) is 20.0 Å². The van der Waals surface area contributed by atoms with E-state index in [9.17, 15) is 4.79 Å². The van der Waals surface area contributed by atoms with Gasteiger partial charge in [0.1, 0.15) is 5.69 Å². The molecular weight excluding hydrogens is 266 g/mol. The number of nitrogens with one attached hydrogen (secondary N) is 1. The molecule has 1 saturated heterocycles. The SMILES string of the molecule is CCN(Cc1cccc(C(=O)OC)n1)CC1CCNCC1. The molecule has 0 aliphatic carbocycles. The summed E-state index contributed by atoms with van der Waals surface area (Å²) in [6, 6.07) is 5.53. The number of piperidine rings is 1. The number of nitrogens with zero attached hydrogens (tertiary/aromatic N) is 2. The number of carbonyl (C=O) groups excluding carboxylic acids is 1. The molecule has 0 aromatic carbocycles. The number of hydrogen-bond acceptors (Lipinski definition) is 5. The van der Waals surface area contributed by atoms with Crippen LogP contribution < -0.4 is 5.32 Å². The van der Waals surface area contributed by atoms with Gasteiger partial charge in [-0.25, -0.2) is 9.78 Å². The van der Waals surface area contributed by atoms with Crippen LogP contribution in [0.2, 0.25) is 0 Å². The molecule has 5 nitrogen and oxygen atoms in total. The van der Waals surface area contributed by atoms with E-state index in [1.807, 2.05) is 12.1 Å². The van der Waals surface area contributed by atoms with Crippen LogP contribution in [-0.4, -0.2) is 49.1 Å². The summed E-state index contributed by atoms with van der Waals surface area (Å²) >= 11 is 0. The van der Waals surface area contributed by atoms with Gasteiger partial charge in [-0.05, 0) is 50.5 Å². The number of ether oxygens (including phenoxy) is 1. The van der Waals surface area contributed by atoms with E-state index in [2.05, 4.69) is 22.1 Å². The van der Waals surface area contributed by atoms with Gasteiger partial charge in [-0.3, -0.25) is 4.90 Å².